The maximum Gasteiger partial charge on any atom is 0.262 e. The molecule has 0 saturated carbocycles. The van der Waals surface area contributed by atoms with Crippen LogP contribution in [0, 0.1) is 0 Å². The molecular formula is C21H17N3OS. The van der Waals surface area contributed by atoms with Crippen molar-refractivity contribution in [3.8, 4) is 0 Å². The van der Waals surface area contributed by atoms with Crippen LogP contribution in [0.1, 0.15) is 5.56 Å². The van der Waals surface area contributed by atoms with Crippen LogP contribution < -0.4 is 5.56 Å². The fraction of sp³-hybridized carbons (Fsp3) is 0.0952. The van der Waals surface area contributed by atoms with Gasteiger partial charge in [-0.15, -0.1) is 6.58 Å². The molecule has 2 aromatic heterocycles. The van der Waals surface area contributed by atoms with E-state index in [2.05, 4.69) is 29.8 Å². The Hall–Kier alpha value is -2.92. The van der Waals surface area contributed by atoms with E-state index < -0.39 is 0 Å². The number of para-hydroxylation sites is 2. The highest BCUT2D eigenvalue weighted by Crippen LogP contribution is 2.25. The molecule has 0 bridgehead atoms. The van der Waals surface area contributed by atoms with Crippen LogP contribution in [0.15, 0.2) is 83.4 Å². The first-order chi connectivity index (χ1) is 12.8. The second-order valence-electron chi connectivity index (χ2n) is 5.90. The number of benzene rings is 2. The Labute approximate surface area is 155 Å². The van der Waals surface area contributed by atoms with Crippen LogP contribution in [0.3, 0.4) is 0 Å². The largest absolute Gasteiger partial charge is 0.283 e. The topological polar surface area (TPSA) is 47.8 Å². The molecule has 2 heterocycles. The SMILES string of the molecule is C=CCn1c(SCc2cccc3cccnc23)nc2ccccc2c1=O. The quantitative estimate of drug-likeness (QED) is 0.301. The summed E-state index contributed by atoms with van der Waals surface area (Å²) < 4.78 is 1.68. The molecule has 4 aromatic rings. The molecule has 0 aliphatic heterocycles. The summed E-state index contributed by atoms with van der Waals surface area (Å²) in [5.41, 5.74) is 2.80. The molecule has 0 N–H and O–H groups in total. The van der Waals surface area contributed by atoms with Gasteiger partial charge in [-0.3, -0.25) is 14.3 Å². The van der Waals surface area contributed by atoms with Gasteiger partial charge >= 0.3 is 0 Å². The highest BCUT2D eigenvalue weighted by molar-refractivity contribution is 7.98. The molecule has 4 rings (SSSR count). The van der Waals surface area contributed by atoms with Crippen molar-refractivity contribution in [3.05, 3.63) is 89.4 Å². The van der Waals surface area contributed by atoms with E-state index in [1.165, 1.54) is 0 Å². The first kappa shape index (κ1) is 16.5. The molecule has 0 aliphatic carbocycles. The van der Waals surface area contributed by atoms with Gasteiger partial charge in [-0.1, -0.05) is 54.2 Å². The van der Waals surface area contributed by atoms with E-state index in [0.29, 0.717) is 22.8 Å². The van der Waals surface area contributed by atoms with Gasteiger partial charge < -0.3 is 0 Å². The third kappa shape index (κ3) is 3.02. The number of hydrogen-bond donors (Lipinski definition) is 0. The second kappa shape index (κ2) is 7.14. The van der Waals surface area contributed by atoms with Gasteiger partial charge in [0, 0.05) is 23.9 Å². The standard InChI is InChI=1S/C21H17N3OS/c1-2-13-24-20(25)17-10-3-4-11-18(17)23-21(24)26-14-16-8-5-7-15-9-6-12-22-19(15)16/h2-12H,1,13-14H2. The molecule has 0 aliphatic rings. The average Bonchev–Trinajstić information content (AvgIpc) is 2.69. The van der Waals surface area contributed by atoms with Gasteiger partial charge in [-0.05, 0) is 23.8 Å². The maximum atomic E-state index is 12.8. The fourth-order valence-corrected chi connectivity index (χ4v) is 3.97. The Balaban J connectivity index is 1.75. The van der Waals surface area contributed by atoms with Crippen molar-refractivity contribution in [2.24, 2.45) is 0 Å². The van der Waals surface area contributed by atoms with Crippen LogP contribution in [0.4, 0.5) is 0 Å². The van der Waals surface area contributed by atoms with Crippen LogP contribution in [-0.4, -0.2) is 14.5 Å². The zero-order chi connectivity index (χ0) is 17.9. The molecule has 0 atom stereocenters. The van der Waals surface area contributed by atoms with Crippen molar-refractivity contribution < 1.29 is 0 Å². The Kier molecular flexibility index (Phi) is 4.54. The first-order valence-corrected chi connectivity index (χ1v) is 9.32. The van der Waals surface area contributed by atoms with Gasteiger partial charge in [-0.2, -0.15) is 0 Å². The number of hydrogen-bond acceptors (Lipinski definition) is 4. The Bertz CT molecular complexity index is 1160. The molecule has 0 saturated heterocycles. The molecule has 5 heteroatoms. The van der Waals surface area contributed by atoms with E-state index >= 15 is 0 Å². The van der Waals surface area contributed by atoms with Crippen LogP contribution in [0.25, 0.3) is 21.8 Å². The minimum absolute atomic E-state index is 0.0333. The van der Waals surface area contributed by atoms with Gasteiger partial charge in [0.05, 0.1) is 16.4 Å². The highest BCUT2D eigenvalue weighted by atomic mass is 32.2. The number of aromatic nitrogens is 3. The summed E-state index contributed by atoms with van der Waals surface area (Å²) in [7, 11) is 0. The highest BCUT2D eigenvalue weighted by Gasteiger charge is 2.11. The molecule has 0 fully saturated rings. The Morgan fingerprint density at radius 3 is 2.81 bits per heavy atom. The number of thioether (sulfide) groups is 1. The minimum Gasteiger partial charge on any atom is -0.283 e. The van der Waals surface area contributed by atoms with E-state index in [1.54, 1.807) is 28.6 Å². The lowest BCUT2D eigenvalue weighted by molar-refractivity contribution is 0.671. The fourth-order valence-electron chi connectivity index (χ4n) is 2.97. The van der Waals surface area contributed by atoms with E-state index in [1.807, 2.05) is 36.4 Å². The maximum absolute atomic E-state index is 12.8. The van der Waals surface area contributed by atoms with Crippen molar-refractivity contribution in [1.29, 1.82) is 0 Å². The summed E-state index contributed by atoms with van der Waals surface area (Å²) in [5.74, 6) is 0.691. The zero-order valence-corrected chi connectivity index (χ0v) is 14.9. The molecule has 26 heavy (non-hydrogen) atoms. The van der Waals surface area contributed by atoms with Gasteiger partial charge in [0.2, 0.25) is 0 Å². The summed E-state index contributed by atoms with van der Waals surface area (Å²) in [5, 5.41) is 2.44. The van der Waals surface area contributed by atoms with Crippen molar-refractivity contribution in [3.63, 3.8) is 0 Å². The summed E-state index contributed by atoms with van der Waals surface area (Å²) in [6, 6.07) is 17.6. The van der Waals surface area contributed by atoms with E-state index in [4.69, 9.17) is 4.98 Å². The minimum atomic E-state index is -0.0333. The van der Waals surface area contributed by atoms with Crippen LogP contribution in [0.2, 0.25) is 0 Å². The molecule has 0 spiro atoms. The van der Waals surface area contributed by atoms with Crippen molar-refractivity contribution in [1.82, 2.24) is 14.5 Å². The Morgan fingerprint density at radius 1 is 1.08 bits per heavy atom. The van der Waals surface area contributed by atoms with Crippen molar-refractivity contribution in [2.75, 3.05) is 0 Å². The number of nitrogens with zero attached hydrogens (tertiary/aromatic N) is 3. The number of allylic oxidation sites excluding steroid dienone is 1. The van der Waals surface area contributed by atoms with E-state index in [0.717, 1.165) is 22.0 Å². The molecule has 0 amide bonds. The summed E-state index contributed by atoms with van der Waals surface area (Å²) in [6.07, 6.45) is 3.53. The molecule has 0 radical (unpaired) electrons. The molecular weight excluding hydrogens is 342 g/mol. The molecule has 2 aromatic carbocycles. The summed E-state index contributed by atoms with van der Waals surface area (Å²) >= 11 is 1.55. The van der Waals surface area contributed by atoms with Gasteiger partial charge in [0.15, 0.2) is 5.16 Å². The number of rotatable bonds is 5. The first-order valence-electron chi connectivity index (χ1n) is 8.34. The normalized spacial score (nSPS) is 11.1. The average molecular weight is 359 g/mol. The van der Waals surface area contributed by atoms with Gasteiger partial charge in [0.1, 0.15) is 0 Å². The second-order valence-corrected chi connectivity index (χ2v) is 6.84. The zero-order valence-electron chi connectivity index (χ0n) is 14.1. The molecule has 4 nitrogen and oxygen atoms in total. The third-order valence-electron chi connectivity index (χ3n) is 4.21. The van der Waals surface area contributed by atoms with E-state index in [-0.39, 0.29) is 5.56 Å². The molecule has 0 unspecified atom stereocenters. The summed E-state index contributed by atoms with van der Waals surface area (Å²) in [6.45, 7) is 4.21. The predicted molar refractivity (Wildman–Crippen MR) is 108 cm³/mol. The lowest BCUT2D eigenvalue weighted by Crippen LogP contribution is -2.22. The summed E-state index contributed by atoms with van der Waals surface area (Å²) in [4.78, 5) is 22.0. The van der Waals surface area contributed by atoms with E-state index in [9.17, 15) is 4.79 Å². The van der Waals surface area contributed by atoms with Gasteiger partial charge in [-0.25, -0.2) is 4.98 Å². The van der Waals surface area contributed by atoms with Crippen LogP contribution >= 0.6 is 11.8 Å². The van der Waals surface area contributed by atoms with Crippen molar-refractivity contribution in [2.45, 2.75) is 17.5 Å². The van der Waals surface area contributed by atoms with Crippen molar-refractivity contribution >= 4 is 33.6 Å². The lowest BCUT2D eigenvalue weighted by atomic mass is 10.1. The smallest absolute Gasteiger partial charge is 0.262 e. The van der Waals surface area contributed by atoms with Crippen LogP contribution in [0.5, 0.6) is 0 Å². The molecule has 128 valence electrons. The van der Waals surface area contributed by atoms with Crippen LogP contribution in [-0.2, 0) is 12.3 Å². The lowest BCUT2D eigenvalue weighted by Gasteiger charge is -2.12. The van der Waals surface area contributed by atoms with Gasteiger partial charge in [0.25, 0.3) is 5.56 Å². The number of fused-ring (bicyclic) bond motifs is 2. The number of pyridine rings is 1. The third-order valence-corrected chi connectivity index (χ3v) is 5.24. The predicted octanol–water partition coefficient (Wildman–Crippen LogP) is 4.42. The monoisotopic (exact) mass is 359 g/mol. The Morgan fingerprint density at radius 2 is 1.92 bits per heavy atom.